The Morgan fingerprint density at radius 3 is 2.68 bits per heavy atom. The summed E-state index contributed by atoms with van der Waals surface area (Å²) in [7, 11) is 0. The fourth-order valence-corrected chi connectivity index (χ4v) is 3.29. The number of carboxylic acid groups (broad SMARTS) is 1. The summed E-state index contributed by atoms with van der Waals surface area (Å²) in [4.78, 5) is 26.5. The quantitative estimate of drug-likeness (QED) is 0.710. The van der Waals surface area contributed by atoms with Crippen LogP contribution in [-0.4, -0.2) is 22.0 Å². The summed E-state index contributed by atoms with van der Waals surface area (Å²) in [6.07, 6.45) is 6.51. The third-order valence-electron chi connectivity index (χ3n) is 4.16. The van der Waals surface area contributed by atoms with Crippen LogP contribution < -0.4 is 5.32 Å². The van der Waals surface area contributed by atoms with Crippen LogP contribution in [0.25, 0.3) is 0 Å². The van der Waals surface area contributed by atoms with E-state index in [2.05, 4.69) is 10.3 Å². The Labute approximate surface area is 110 Å². The van der Waals surface area contributed by atoms with Gasteiger partial charge in [-0.15, -0.1) is 0 Å². The lowest BCUT2D eigenvalue weighted by Crippen LogP contribution is -2.39. The zero-order valence-electron chi connectivity index (χ0n) is 10.4. The Hall–Kier alpha value is -2.04. The highest BCUT2D eigenvalue weighted by atomic mass is 16.4. The first-order chi connectivity index (χ1) is 9.16. The van der Waals surface area contributed by atoms with Crippen LogP contribution in [0, 0.1) is 23.7 Å². The van der Waals surface area contributed by atoms with E-state index >= 15 is 0 Å². The fourth-order valence-electron chi connectivity index (χ4n) is 3.29. The summed E-state index contributed by atoms with van der Waals surface area (Å²) in [5, 5.41) is 12.1. The van der Waals surface area contributed by atoms with Gasteiger partial charge in [0.25, 0.3) is 0 Å². The van der Waals surface area contributed by atoms with E-state index in [1.54, 1.807) is 6.20 Å². The summed E-state index contributed by atoms with van der Waals surface area (Å²) in [6.45, 7) is 0.412. The van der Waals surface area contributed by atoms with Crippen LogP contribution in [0.3, 0.4) is 0 Å². The van der Waals surface area contributed by atoms with Gasteiger partial charge in [-0.25, -0.2) is 0 Å². The van der Waals surface area contributed by atoms with E-state index in [-0.39, 0.29) is 17.7 Å². The van der Waals surface area contributed by atoms with Crippen molar-refractivity contribution in [3.63, 3.8) is 0 Å². The molecule has 3 N–H and O–H groups in total. The van der Waals surface area contributed by atoms with E-state index in [0.29, 0.717) is 6.54 Å². The zero-order chi connectivity index (χ0) is 13.4. The summed E-state index contributed by atoms with van der Waals surface area (Å²) in [5.41, 5.74) is 0.916. The number of aliphatic carboxylic acids is 1. The summed E-state index contributed by atoms with van der Waals surface area (Å²) >= 11 is 0. The number of rotatable bonds is 4. The number of aromatic amines is 1. The largest absolute Gasteiger partial charge is 0.481 e. The van der Waals surface area contributed by atoms with Crippen LogP contribution >= 0.6 is 0 Å². The first-order valence-corrected chi connectivity index (χ1v) is 6.48. The summed E-state index contributed by atoms with van der Waals surface area (Å²) in [5.74, 6) is -1.92. The van der Waals surface area contributed by atoms with Gasteiger partial charge in [0, 0.05) is 11.9 Å². The number of carbonyl (C=O) groups excluding carboxylic acids is 1. The second-order valence-corrected chi connectivity index (χ2v) is 5.25. The first-order valence-electron chi connectivity index (χ1n) is 6.48. The van der Waals surface area contributed by atoms with Gasteiger partial charge in [0.05, 0.1) is 18.4 Å². The molecule has 0 saturated heterocycles. The Morgan fingerprint density at radius 2 is 2.05 bits per heavy atom. The van der Waals surface area contributed by atoms with E-state index in [4.69, 9.17) is 0 Å². The molecule has 0 aliphatic heterocycles. The molecule has 1 saturated carbocycles. The smallest absolute Gasteiger partial charge is 0.307 e. The molecule has 5 heteroatoms. The highest BCUT2D eigenvalue weighted by Gasteiger charge is 2.51. The lowest BCUT2D eigenvalue weighted by Gasteiger charge is -2.23. The highest BCUT2D eigenvalue weighted by molar-refractivity contribution is 5.86. The third kappa shape index (κ3) is 2.05. The summed E-state index contributed by atoms with van der Waals surface area (Å²) in [6, 6.07) is 3.75. The normalized spacial score (nSPS) is 31.6. The molecule has 1 aromatic heterocycles. The number of amides is 1. The van der Waals surface area contributed by atoms with Crippen LogP contribution in [0.1, 0.15) is 12.1 Å². The van der Waals surface area contributed by atoms with Gasteiger partial charge in [0.15, 0.2) is 0 Å². The minimum absolute atomic E-state index is 0.0173. The lowest BCUT2D eigenvalue weighted by molar-refractivity contribution is -0.147. The Bertz CT molecular complexity index is 521. The van der Waals surface area contributed by atoms with Gasteiger partial charge in [-0.05, 0) is 30.4 Å². The molecule has 1 amide bonds. The van der Waals surface area contributed by atoms with Gasteiger partial charge in [-0.3, -0.25) is 9.59 Å². The van der Waals surface area contributed by atoms with E-state index in [0.717, 1.165) is 12.1 Å². The highest BCUT2D eigenvalue weighted by Crippen LogP contribution is 2.48. The number of allylic oxidation sites excluding steroid dienone is 2. The fraction of sp³-hybridized carbons (Fsp3) is 0.429. The van der Waals surface area contributed by atoms with Crippen molar-refractivity contribution in [1.82, 2.24) is 10.3 Å². The van der Waals surface area contributed by atoms with Crippen LogP contribution in [0.15, 0.2) is 30.5 Å². The maximum atomic E-state index is 12.2. The molecule has 100 valence electrons. The zero-order valence-corrected chi connectivity index (χ0v) is 10.4. The maximum Gasteiger partial charge on any atom is 0.307 e. The van der Waals surface area contributed by atoms with Gasteiger partial charge in [-0.1, -0.05) is 12.2 Å². The molecule has 1 heterocycles. The number of nitrogens with one attached hydrogen (secondary N) is 2. The number of aromatic nitrogens is 1. The van der Waals surface area contributed by atoms with Crippen molar-refractivity contribution in [2.45, 2.75) is 13.0 Å². The van der Waals surface area contributed by atoms with Crippen LogP contribution in [0.2, 0.25) is 0 Å². The Balaban J connectivity index is 1.68. The van der Waals surface area contributed by atoms with Crippen molar-refractivity contribution in [3.05, 3.63) is 36.2 Å². The Morgan fingerprint density at radius 1 is 1.32 bits per heavy atom. The standard InChI is InChI=1S/C14H16N2O3/c17-13(16-7-10-2-1-5-15-10)11-8-3-4-9(6-8)12(11)14(18)19/h1-5,8-9,11-12,15H,6-7H2,(H,16,17)(H,18,19). The minimum Gasteiger partial charge on any atom is -0.481 e. The van der Waals surface area contributed by atoms with Crippen molar-refractivity contribution in [3.8, 4) is 0 Å². The van der Waals surface area contributed by atoms with Crippen LogP contribution in [0.5, 0.6) is 0 Å². The molecule has 1 fully saturated rings. The number of H-pyrrole nitrogens is 1. The van der Waals surface area contributed by atoms with E-state index in [9.17, 15) is 14.7 Å². The molecular weight excluding hydrogens is 244 g/mol. The third-order valence-corrected chi connectivity index (χ3v) is 4.16. The van der Waals surface area contributed by atoms with Crippen molar-refractivity contribution in [2.75, 3.05) is 0 Å². The number of carbonyl (C=O) groups is 2. The molecule has 5 nitrogen and oxygen atoms in total. The van der Waals surface area contributed by atoms with Crippen LogP contribution in [0.4, 0.5) is 0 Å². The average molecular weight is 260 g/mol. The number of hydrogen-bond donors (Lipinski definition) is 3. The van der Waals surface area contributed by atoms with Gasteiger partial charge in [-0.2, -0.15) is 0 Å². The predicted octanol–water partition coefficient (Wildman–Crippen LogP) is 1.15. The summed E-state index contributed by atoms with van der Waals surface area (Å²) < 4.78 is 0. The van der Waals surface area contributed by atoms with Crippen molar-refractivity contribution >= 4 is 11.9 Å². The molecule has 3 rings (SSSR count). The number of hydrogen-bond acceptors (Lipinski definition) is 2. The van der Waals surface area contributed by atoms with Crippen LogP contribution in [-0.2, 0) is 16.1 Å². The van der Waals surface area contributed by atoms with Crippen molar-refractivity contribution < 1.29 is 14.7 Å². The average Bonchev–Trinajstić information content (AvgIpc) is 3.10. The number of fused-ring (bicyclic) bond motifs is 2. The van der Waals surface area contributed by atoms with E-state index in [1.165, 1.54) is 0 Å². The molecule has 4 atom stereocenters. The van der Waals surface area contributed by atoms with Crippen molar-refractivity contribution in [2.24, 2.45) is 23.7 Å². The van der Waals surface area contributed by atoms with Gasteiger partial charge < -0.3 is 15.4 Å². The topological polar surface area (TPSA) is 82.2 Å². The monoisotopic (exact) mass is 260 g/mol. The van der Waals surface area contributed by atoms with E-state index in [1.807, 2.05) is 24.3 Å². The Kier molecular flexibility index (Phi) is 2.89. The van der Waals surface area contributed by atoms with Crippen molar-refractivity contribution in [1.29, 1.82) is 0 Å². The lowest BCUT2D eigenvalue weighted by atomic mass is 9.82. The SMILES string of the molecule is O=C(O)C1C2C=CC(C2)C1C(=O)NCc1ccc[nH]1. The second kappa shape index (κ2) is 4.57. The second-order valence-electron chi connectivity index (χ2n) is 5.25. The van der Waals surface area contributed by atoms with Gasteiger partial charge in [0.1, 0.15) is 0 Å². The van der Waals surface area contributed by atoms with E-state index < -0.39 is 17.8 Å². The molecule has 1 aromatic rings. The minimum atomic E-state index is -0.864. The molecule has 2 aliphatic rings. The maximum absolute atomic E-state index is 12.2. The molecular formula is C14H16N2O3. The predicted molar refractivity (Wildman–Crippen MR) is 68.0 cm³/mol. The molecule has 0 aromatic carbocycles. The molecule has 4 unspecified atom stereocenters. The molecule has 2 aliphatic carbocycles. The molecule has 19 heavy (non-hydrogen) atoms. The molecule has 0 spiro atoms. The molecule has 0 radical (unpaired) electrons. The number of carboxylic acids is 1. The van der Waals surface area contributed by atoms with Gasteiger partial charge in [0.2, 0.25) is 5.91 Å². The first kappa shape index (κ1) is 12.0. The molecule has 2 bridgehead atoms. The van der Waals surface area contributed by atoms with Gasteiger partial charge >= 0.3 is 5.97 Å².